The van der Waals surface area contributed by atoms with Gasteiger partial charge in [-0.3, -0.25) is 4.79 Å². The summed E-state index contributed by atoms with van der Waals surface area (Å²) >= 11 is 0. The Kier molecular flexibility index (Phi) is 8.65. The van der Waals surface area contributed by atoms with E-state index in [4.69, 9.17) is 0 Å². The zero-order valence-electron chi connectivity index (χ0n) is 21.6. The first kappa shape index (κ1) is 26.8. The molecule has 0 saturated carbocycles. The number of hydrogen-bond donors (Lipinski definition) is 1. The Morgan fingerprint density at radius 3 is 2.14 bits per heavy atom. The Labute approximate surface area is 208 Å². The summed E-state index contributed by atoms with van der Waals surface area (Å²) in [7, 11) is 0. The van der Waals surface area contributed by atoms with Crippen molar-refractivity contribution in [2.75, 3.05) is 13.1 Å². The Morgan fingerprint density at radius 2 is 1.60 bits per heavy atom. The molecule has 0 spiro atoms. The van der Waals surface area contributed by atoms with Crippen molar-refractivity contribution in [3.05, 3.63) is 89.3 Å². The van der Waals surface area contributed by atoms with Crippen molar-refractivity contribution in [2.24, 2.45) is 5.92 Å². The first-order chi connectivity index (χ1) is 16.6. The molecule has 0 bridgehead atoms. The van der Waals surface area contributed by atoms with Crippen LogP contribution in [0.3, 0.4) is 0 Å². The second kappa shape index (κ2) is 11.3. The van der Waals surface area contributed by atoms with Gasteiger partial charge in [0.15, 0.2) is 5.78 Å². The lowest BCUT2D eigenvalue weighted by Gasteiger charge is -2.44. The molecule has 1 fully saturated rings. The molecule has 3 nitrogen and oxygen atoms in total. The highest BCUT2D eigenvalue weighted by molar-refractivity contribution is 6.03. The number of hydrogen-bond acceptors (Lipinski definition) is 3. The lowest BCUT2D eigenvalue weighted by molar-refractivity contribution is -0.117. The van der Waals surface area contributed by atoms with Crippen molar-refractivity contribution in [3.63, 3.8) is 0 Å². The van der Waals surface area contributed by atoms with Gasteiger partial charge in [0.25, 0.3) is 0 Å². The summed E-state index contributed by atoms with van der Waals surface area (Å²) in [5.74, 6) is -0.519. The number of rotatable bonds is 9. The minimum Gasteiger partial charge on any atom is -0.339 e. The van der Waals surface area contributed by atoms with Gasteiger partial charge in [0, 0.05) is 25.2 Å². The van der Waals surface area contributed by atoms with Crippen LogP contribution < -0.4 is 5.32 Å². The lowest BCUT2D eigenvalue weighted by atomic mass is 9.84. The highest BCUT2D eigenvalue weighted by Crippen LogP contribution is 2.37. The zero-order chi connectivity index (χ0) is 25.8. The summed E-state index contributed by atoms with van der Waals surface area (Å²) < 4.78 is 27.3. The van der Waals surface area contributed by atoms with E-state index in [1.165, 1.54) is 24.3 Å². The molecule has 2 aromatic rings. The van der Waals surface area contributed by atoms with Gasteiger partial charge in [0.2, 0.25) is 0 Å². The van der Waals surface area contributed by atoms with Crippen molar-refractivity contribution >= 4 is 11.4 Å². The van der Waals surface area contributed by atoms with Crippen LogP contribution in [-0.2, 0) is 4.79 Å². The number of allylic oxidation sites excluding steroid dienone is 2. The van der Waals surface area contributed by atoms with Gasteiger partial charge in [0.05, 0.1) is 11.2 Å². The molecule has 0 radical (unpaired) electrons. The van der Waals surface area contributed by atoms with E-state index in [-0.39, 0.29) is 34.8 Å². The Balaban J connectivity index is 2.15. The lowest BCUT2D eigenvalue weighted by Crippen LogP contribution is -2.55. The third kappa shape index (κ3) is 6.07. The minimum absolute atomic E-state index is 0.0275. The number of Topliss-reactive ketones (excluding diaryl/α,β-unsaturated/α-hetero) is 1. The summed E-state index contributed by atoms with van der Waals surface area (Å²) in [6.45, 7) is 16.1. The highest BCUT2D eigenvalue weighted by Gasteiger charge is 2.36. The smallest absolute Gasteiger partial charge is 0.180 e. The van der Waals surface area contributed by atoms with Gasteiger partial charge < -0.3 is 10.2 Å². The maximum absolute atomic E-state index is 14.2. The maximum Gasteiger partial charge on any atom is 0.180 e. The van der Waals surface area contributed by atoms with Gasteiger partial charge in [-0.2, -0.15) is 0 Å². The van der Waals surface area contributed by atoms with E-state index < -0.39 is 0 Å². The van der Waals surface area contributed by atoms with Crippen LogP contribution in [0.2, 0.25) is 0 Å². The molecule has 188 valence electrons. The summed E-state index contributed by atoms with van der Waals surface area (Å²) in [5, 5.41) is 3.48. The average Bonchev–Trinajstić information content (AvgIpc) is 2.84. The summed E-state index contributed by atoms with van der Waals surface area (Å²) in [6.07, 6.45) is 1.89. The fourth-order valence-electron chi connectivity index (χ4n) is 4.79. The molecule has 2 atom stereocenters. The third-order valence-corrected chi connectivity index (χ3v) is 7.27. The van der Waals surface area contributed by atoms with E-state index in [1.807, 2.05) is 6.92 Å². The molecule has 0 aliphatic carbocycles. The van der Waals surface area contributed by atoms with Gasteiger partial charge in [-0.1, -0.05) is 51.6 Å². The first-order valence-electron chi connectivity index (χ1n) is 12.6. The van der Waals surface area contributed by atoms with Crippen LogP contribution in [0.4, 0.5) is 8.78 Å². The molecular formula is C30H38F2N2O. The van der Waals surface area contributed by atoms with Crippen LogP contribution in [0.15, 0.2) is 66.5 Å². The van der Waals surface area contributed by atoms with Crippen LogP contribution in [0, 0.1) is 17.6 Å². The van der Waals surface area contributed by atoms with Crippen molar-refractivity contribution in [2.45, 2.75) is 65.3 Å². The number of halogens is 2. The summed E-state index contributed by atoms with van der Waals surface area (Å²) in [6, 6.07) is 12.8. The average molecular weight is 481 g/mol. The second-order valence-electron chi connectivity index (χ2n) is 10.0. The number of carbonyl (C=O) groups excluding carboxylic acids is 1. The molecular weight excluding hydrogens is 442 g/mol. The molecule has 1 saturated heterocycles. The number of nitrogens with zero attached hydrogens (tertiary/aromatic N) is 1. The van der Waals surface area contributed by atoms with E-state index >= 15 is 0 Å². The van der Waals surface area contributed by atoms with Crippen molar-refractivity contribution in [1.82, 2.24) is 10.2 Å². The zero-order valence-corrected chi connectivity index (χ0v) is 21.6. The topological polar surface area (TPSA) is 32.3 Å². The Bertz CT molecular complexity index is 1070. The summed E-state index contributed by atoms with van der Waals surface area (Å²) in [4.78, 5) is 16.3. The van der Waals surface area contributed by atoms with Crippen LogP contribution in [0.5, 0.6) is 0 Å². The van der Waals surface area contributed by atoms with Crippen LogP contribution in [0.1, 0.15) is 70.9 Å². The molecule has 2 aromatic carbocycles. The maximum atomic E-state index is 14.2. The van der Waals surface area contributed by atoms with Gasteiger partial charge in [0.1, 0.15) is 11.6 Å². The minimum atomic E-state index is -0.367. The standard InChI is InChI=1S/C30H38F2N2O/c1-7-20(3)28(24-11-15-26(32)16-12-24)29(34-18-17-33-30(5,6)21(34)4)27(35)19-22(8-2)23-9-13-25(31)14-10-23/h9-16,20,22,33H,4,7-8,17-19H2,1-3,5-6H3. The largest absolute Gasteiger partial charge is 0.339 e. The predicted octanol–water partition coefficient (Wildman–Crippen LogP) is 7.07. The Hall–Kier alpha value is -2.79. The second-order valence-corrected chi connectivity index (χ2v) is 10.0. The normalized spacial score (nSPS) is 18.1. The molecule has 0 aromatic heterocycles. The SMILES string of the molecule is C=C1N(C(C(=O)CC(CC)c2ccc(F)cc2)=C(c2ccc(F)cc2)C(C)CC)CCNC1(C)C. The molecule has 0 amide bonds. The van der Waals surface area contributed by atoms with Gasteiger partial charge in [-0.15, -0.1) is 0 Å². The fraction of sp³-hybridized carbons (Fsp3) is 0.433. The number of ketones is 1. The summed E-state index contributed by atoms with van der Waals surface area (Å²) in [5.41, 5.74) is 3.84. The van der Waals surface area contributed by atoms with Crippen LogP contribution >= 0.6 is 0 Å². The molecule has 2 unspecified atom stereocenters. The van der Waals surface area contributed by atoms with Crippen molar-refractivity contribution in [3.8, 4) is 0 Å². The molecule has 35 heavy (non-hydrogen) atoms. The quantitative estimate of drug-likeness (QED) is 0.390. The predicted molar refractivity (Wildman–Crippen MR) is 140 cm³/mol. The van der Waals surface area contributed by atoms with Crippen LogP contribution in [-0.4, -0.2) is 29.3 Å². The fourth-order valence-corrected chi connectivity index (χ4v) is 4.79. The van der Waals surface area contributed by atoms with Gasteiger partial charge in [-0.25, -0.2) is 8.78 Å². The van der Waals surface area contributed by atoms with Crippen molar-refractivity contribution < 1.29 is 13.6 Å². The molecule has 3 rings (SSSR count). The van der Waals surface area contributed by atoms with E-state index in [0.717, 1.165) is 41.8 Å². The number of carbonyl (C=O) groups is 1. The third-order valence-electron chi connectivity index (χ3n) is 7.27. The number of nitrogens with one attached hydrogen (secondary N) is 1. The number of piperazine rings is 1. The van der Waals surface area contributed by atoms with Gasteiger partial charge >= 0.3 is 0 Å². The highest BCUT2D eigenvalue weighted by atomic mass is 19.1. The molecule has 1 heterocycles. The van der Waals surface area contributed by atoms with Crippen LogP contribution in [0.25, 0.3) is 5.57 Å². The van der Waals surface area contributed by atoms with E-state index in [1.54, 1.807) is 24.3 Å². The molecule has 1 aliphatic heterocycles. The number of benzene rings is 2. The monoisotopic (exact) mass is 480 g/mol. The molecule has 1 N–H and O–H groups in total. The van der Waals surface area contributed by atoms with Gasteiger partial charge in [-0.05, 0) is 79.5 Å². The van der Waals surface area contributed by atoms with Crippen molar-refractivity contribution in [1.29, 1.82) is 0 Å². The van der Waals surface area contributed by atoms with E-state index in [9.17, 15) is 13.6 Å². The Morgan fingerprint density at radius 1 is 1.03 bits per heavy atom. The van der Waals surface area contributed by atoms with E-state index in [0.29, 0.717) is 18.7 Å². The van der Waals surface area contributed by atoms with E-state index in [2.05, 4.69) is 44.5 Å². The molecule has 5 heteroatoms. The molecule has 1 aliphatic rings. The first-order valence-corrected chi connectivity index (χ1v) is 12.6.